The lowest BCUT2D eigenvalue weighted by Crippen LogP contribution is -2.32. The number of aromatic nitrogens is 2. The zero-order valence-corrected chi connectivity index (χ0v) is 12.2. The molecule has 0 saturated heterocycles. The molecule has 0 bridgehead atoms. The molecule has 0 N–H and O–H groups in total. The van der Waals surface area contributed by atoms with Crippen LogP contribution in [-0.4, -0.2) is 32.8 Å². The lowest BCUT2D eigenvalue weighted by Gasteiger charge is -2.12. The SMILES string of the molecule is O=C(ON1C(=O)c2ccccc2C1=O)c1ccc2cccnc2n1. The molecule has 0 aliphatic carbocycles. The number of nitrogens with zero attached hydrogens (tertiary/aromatic N) is 3. The number of hydrogen-bond donors (Lipinski definition) is 0. The Morgan fingerprint density at radius 1 is 0.917 bits per heavy atom. The van der Waals surface area contributed by atoms with E-state index in [1.807, 2.05) is 0 Å². The third-order valence-corrected chi connectivity index (χ3v) is 3.60. The summed E-state index contributed by atoms with van der Waals surface area (Å²) >= 11 is 0. The Balaban J connectivity index is 1.62. The number of carbonyl (C=O) groups is 3. The van der Waals surface area contributed by atoms with Crippen LogP contribution in [0.15, 0.2) is 54.7 Å². The minimum atomic E-state index is -0.906. The Hall–Kier alpha value is -3.61. The molecule has 116 valence electrons. The maximum Gasteiger partial charge on any atom is 0.382 e. The van der Waals surface area contributed by atoms with E-state index in [-0.39, 0.29) is 16.8 Å². The first-order valence-electron chi connectivity index (χ1n) is 7.07. The zero-order chi connectivity index (χ0) is 16.7. The minimum Gasteiger partial charge on any atom is -0.323 e. The third-order valence-electron chi connectivity index (χ3n) is 3.60. The Morgan fingerprint density at radius 3 is 2.33 bits per heavy atom. The number of hydroxylamine groups is 2. The highest BCUT2D eigenvalue weighted by Gasteiger charge is 2.38. The van der Waals surface area contributed by atoms with E-state index in [1.54, 1.807) is 36.5 Å². The molecule has 24 heavy (non-hydrogen) atoms. The van der Waals surface area contributed by atoms with Crippen LogP contribution in [0, 0.1) is 0 Å². The van der Waals surface area contributed by atoms with Crippen molar-refractivity contribution >= 4 is 28.8 Å². The molecule has 0 radical (unpaired) electrons. The summed E-state index contributed by atoms with van der Waals surface area (Å²) in [6.07, 6.45) is 1.55. The van der Waals surface area contributed by atoms with Gasteiger partial charge in [-0.2, -0.15) is 0 Å². The van der Waals surface area contributed by atoms with Gasteiger partial charge in [-0.15, -0.1) is 0 Å². The summed E-state index contributed by atoms with van der Waals surface area (Å²) in [6.45, 7) is 0. The van der Waals surface area contributed by atoms with Crippen molar-refractivity contribution in [3.8, 4) is 0 Å². The minimum absolute atomic E-state index is 0.0437. The van der Waals surface area contributed by atoms with E-state index in [0.29, 0.717) is 10.7 Å². The molecule has 7 nitrogen and oxygen atoms in total. The summed E-state index contributed by atoms with van der Waals surface area (Å²) < 4.78 is 0. The maximum absolute atomic E-state index is 12.2. The smallest absolute Gasteiger partial charge is 0.323 e. The first-order chi connectivity index (χ1) is 11.6. The quantitative estimate of drug-likeness (QED) is 0.671. The number of fused-ring (bicyclic) bond motifs is 2. The van der Waals surface area contributed by atoms with Crippen molar-refractivity contribution in [1.29, 1.82) is 0 Å². The van der Waals surface area contributed by atoms with E-state index >= 15 is 0 Å². The van der Waals surface area contributed by atoms with Gasteiger partial charge in [-0.25, -0.2) is 14.8 Å². The Kier molecular flexibility index (Phi) is 3.06. The summed E-state index contributed by atoms with van der Waals surface area (Å²) in [5.74, 6) is -2.26. The Morgan fingerprint density at radius 2 is 1.62 bits per heavy atom. The van der Waals surface area contributed by atoms with Gasteiger partial charge in [-0.3, -0.25) is 9.59 Å². The molecule has 0 unspecified atom stereocenters. The summed E-state index contributed by atoms with van der Waals surface area (Å²) in [6, 6.07) is 12.9. The second kappa shape index (κ2) is 5.24. The number of pyridine rings is 2. The molecule has 0 atom stereocenters. The second-order valence-corrected chi connectivity index (χ2v) is 5.08. The van der Waals surface area contributed by atoms with Crippen molar-refractivity contribution in [3.63, 3.8) is 0 Å². The van der Waals surface area contributed by atoms with Crippen LogP contribution >= 0.6 is 0 Å². The Bertz CT molecular complexity index is 980. The zero-order valence-electron chi connectivity index (χ0n) is 12.2. The van der Waals surface area contributed by atoms with Crippen molar-refractivity contribution in [2.24, 2.45) is 0 Å². The van der Waals surface area contributed by atoms with Crippen LogP contribution in [0.2, 0.25) is 0 Å². The normalized spacial score (nSPS) is 13.2. The summed E-state index contributed by atoms with van der Waals surface area (Å²) in [5.41, 5.74) is 0.721. The van der Waals surface area contributed by atoms with Gasteiger partial charge in [0.15, 0.2) is 11.3 Å². The van der Waals surface area contributed by atoms with Crippen LogP contribution in [0.3, 0.4) is 0 Å². The van der Waals surface area contributed by atoms with Gasteiger partial charge in [-0.05, 0) is 36.4 Å². The summed E-state index contributed by atoms with van der Waals surface area (Å²) in [4.78, 5) is 49.7. The van der Waals surface area contributed by atoms with Crippen LogP contribution < -0.4 is 0 Å². The van der Waals surface area contributed by atoms with E-state index < -0.39 is 17.8 Å². The average Bonchev–Trinajstić information content (AvgIpc) is 2.86. The maximum atomic E-state index is 12.2. The van der Waals surface area contributed by atoms with Crippen molar-refractivity contribution in [2.75, 3.05) is 0 Å². The van der Waals surface area contributed by atoms with E-state index in [0.717, 1.165) is 5.39 Å². The van der Waals surface area contributed by atoms with Crippen molar-refractivity contribution in [2.45, 2.75) is 0 Å². The standard InChI is InChI=1S/C17H9N3O4/c21-15-11-5-1-2-6-12(11)16(22)20(15)24-17(23)13-8-7-10-4-3-9-18-14(10)19-13/h1-9H. The Labute approximate surface area is 135 Å². The fourth-order valence-corrected chi connectivity index (χ4v) is 2.45. The molecular formula is C17H9N3O4. The predicted octanol–water partition coefficient (Wildman–Crippen LogP) is 2.00. The van der Waals surface area contributed by atoms with Crippen molar-refractivity contribution in [3.05, 3.63) is 71.5 Å². The second-order valence-electron chi connectivity index (χ2n) is 5.08. The van der Waals surface area contributed by atoms with Crippen LogP contribution in [-0.2, 0) is 4.84 Å². The van der Waals surface area contributed by atoms with Gasteiger partial charge in [0.1, 0.15) is 0 Å². The average molecular weight is 319 g/mol. The summed E-state index contributed by atoms with van der Waals surface area (Å²) in [5, 5.41) is 1.21. The lowest BCUT2D eigenvalue weighted by molar-refractivity contribution is -0.0588. The number of amides is 2. The number of hydrogen-bond acceptors (Lipinski definition) is 6. The van der Waals surface area contributed by atoms with Crippen molar-refractivity contribution < 1.29 is 19.2 Å². The van der Waals surface area contributed by atoms with Crippen LogP contribution in [0.5, 0.6) is 0 Å². The van der Waals surface area contributed by atoms with Crippen molar-refractivity contribution in [1.82, 2.24) is 15.0 Å². The summed E-state index contributed by atoms with van der Waals surface area (Å²) in [7, 11) is 0. The highest BCUT2D eigenvalue weighted by atomic mass is 16.7. The number of imide groups is 1. The topological polar surface area (TPSA) is 89.5 Å². The molecule has 4 rings (SSSR count). The van der Waals surface area contributed by atoms with Gasteiger partial charge < -0.3 is 4.84 Å². The third kappa shape index (κ3) is 2.11. The molecule has 3 aromatic rings. The number of rotatable bonds is 2. The van der Waals surface area contributed by atoms with Crippen LogP contribution in [0.25, 0.3) is 11.0 Å². The van der Waals surface area contributed by atoms with E-state index in [9.17, 15) is 14.4 Å². The molecule has 1 aromatic carbocycles. The number of benzene rings is 1. The van der Waals surface area contributed by atoms with Gasteiger partial charge >= 0.3 is 5.97 Å². The molecule has 3 heterocycles. The largest absolute Gasteiger partial charge is 0.382 e. The van der Waals surface area contributed by atoms with Gasteiger partial charge in [0.2, 0.25) is 0 Å². The molecule has 2 amide bonds. The number of carbonyl (C=O) groups excluding carboxylic acids is 3. The fourth-order valence-electron chi connectivity index (χ4n) is 2.45. The molecule has 2 aromatic heterocycles. The molecule has 7 heteroatoms. The highest BCUT2D eigenvalue weighted by molar-refractivity contribution is 6.21. The molecule has 1 aliphatic rings. The lowest BCUT2D eigenvalue weighted by atomic mass is 10.1. The first kappa shape index (κ1) is 14.0. The molecule has 1 aliphatic heterocycles. The van der Waals surface area contributed by atoms with Gasteiger partial charge in [0.05, 0.1) is 11.1 Å². The van der Waals surface area contributed by atoms with E-state index in [4.69, 9.17) is 4.84 Å². The van der Waals surface area contributed by atoms with Gasteiger partial charge in [0, 0.05) is 11.6 Å². The highest BCUT2D eigenvalue weighted by Crippen LogP contribution is 2.23. The van der Waals surface area contributed by atoms with Gasteiger partial charge in [-0.1, -0.05) is 17.2 Å². The fraction of sp³-hybridized carbons (Fsp3) is 0. The van der Waals surface area contributed by atoms with Gasteiger partial charge in [0.25, 0.3) is 11.8 Å². The monoisotopic (exact) mass is 319 g/mol. The van der Waals surface area contributed by atoms with E-state index in [2.05, 4.69) is 9.97 Å². The van der Waals surface area contributed by atoms with Crippen LogP contribution in [0.4, 0.5) is 0 Å². The molecular weight excluding hydrogens is 310 g/mol. The molecule has 0 spiro atoms. The van der Waals surface area contributed by atoms with E-state index in [1.165, 1.54) is 18.2 Å². The van der Waals surface area contributed by atoms with Crippen LogP contribution in [0.1, 0.15) is 31.2 Å². The molecule has 0 saturated carbocycles. The molecule has 0 fully saturated rings. The predicted molar refractivity (Wildman–Crippen MR) is 81.9 cm³/mol. The first-order valence-corrected chi connectivity index (χ1v) is 7.07.